The van der Waals surface area contributed by atoms with Gasteiger partial charge in [0.1, 0.15) is 11.2 Å². The van der Waals surface area contributed by atoms with Crippen molar-refractivity contribution in [3.05, 3.63) is 60.3 Å². The predicted molar refractivity (Wildman–Crippen MR) is 126 cm³/mol. The van der Waals surface area contributed by atoms with E-state index in [-0.39, 0.29) is 0 Å². The lowest BCUT2D eigenvalue weighted by molar-refractivity contribution is 0.443. The van der Waals surface area contributed by atoms with Crippen LogP contribution in [-0.4, -0.2) is 13.1 Å². The second-order valence-electron chi connectivity index (χ2n) is 9.53. The Morgan fingerprint density at radius 3 is 2.34 bits per heavy atom. The Morgan fingerprint density at radius 1 is 0.862 bits per heavy atom. The topological polar surface area (TPSA) is 26.0 Å². The second kappa shape index (κ2) is 7.14. The number of aromatic nitrogens is 1. The van der Waals surface area contributed by atoms with E-state index in [0.29, 0.717) is 5.92 Å². The number of fused-ring (bicyclic) bond motifs is 3. The van der Waals surface area contributed by atoms with E-state index in [0.717, 1.165) is 22.4 Å². The van der Waals surface area contributed by atoms with Gasteiger partial charge in [-0.25, -0.2) is 0 Å². The van der Waals surface area contributed by atoms with E-state index in [1.807, 2.05) is 6.20 Å². The highest BCUT2D eigenvalue weighted by Crippen LogP contribution is 2.37. The maximum atomic E-state index is 6.58. The van der Waals surface area contributed by atoms with Gasteiger partial charge in [0.05, 0.1) is 13.8 Å². The Labute approximate surface area is 174 Å². The lowest BCUT2D eigenvalue weighted by atomic mass is 9.84. The fraction of sp³-hybridized carbons (Fsp3) is 0.346. The quantitative estimate of drug-likeness (QED) is 0.339. The van der Waals surface area contributed by atoms with Crippen LogP contribution < -0.4 is 5.19 Å². The molecule has 2 aromatic carbocycles. The van der Waals surface area contributed by atoms with E-state index < -0.39 is 8.07 Å². The van der Waals surface area contributed by atoms with Crippen LogP contribution in [0.4, 0.5) is 0 Å². The molecule has 1 fully saturated rings. The monoisotopic (exact) mass is 399 g/mol. The molecule has 4 aromatic rings. The Bertz CT molecular complexity index is 1180. The summed E-state index contributed by atoms with van der Waals surface area (Å²) in [6.07, 6.45) is 8.66. The lowest BCUT2D eigenvalue weighted by Gasteiger charge is -2.22. The largest absolute Gasteiger partial charge is 0.455 e. The molecular weight excluding hydrogens is 370 g/mol. The van der Waals surface area contributed by atoms with E-state index in [9.17, 15) is 0 Å². The molecule has 1 saturated carbocycles. The van der Waals surface area contributed by atoms with Crippen molar-refractivity contribution in [2.45, 2.75) is 57.7 Å². The van der Waals surface area contributed by atoms with Gasteiger partial charge in [0.25, 0.3) is 0 Å². The number of nitrogens with zero attached hydrogens (tertiary/aromatic N) is 1. The van der Waals surface area contributed by atoms with Crippen LogP contribution in [0, 0.1) is 0 Å². The van der Waals surface area contributed by atoms with Crippen LogP contribution in [0.1, 0.15) is 43.6 Å². The summed E-state index contributed by atoms with van der Waals surface area (Å²) in [6, 6.07) is 17.6. The molecule has 3 heteroatoms. The fourth-order valence-corrected chi connectivity index (χ4v) is 6.36. The molecule has 0 radical (unpaired) electrons. The van der Waals surface area contributed by atoms with Crippen molar-refractivity contribution in [3.8, 4) is 11.3 Å². The van der Waals surface area contributed by atoms with Crippen LogP contribution in [0.5, 0.6) is 0 Å². The Kier molecular flexibility index (Phi) is 4.58. The first-order chi connectivity index (χ1) is 14.0. The van der Waals surface area contributed by atoms with Crippen LogP contribution in [-0.2, 0) is 0 Å². The normalized spacial score (nSPS) is 16.0. The molecule has 0 N–H and O–H groups in total. The maximum absolute atomic E-state index is 6.58. The molecule has 0 saturated heterocycles. The highest BCUT2D eigenvalue weighted by molar-refractivity contribution is 6.90. The number of hydrogen-bond acceptors (Lipinski definition) is 2. The molecule has 148 valence electrons. The van der Waals surface area contributed by atoms with Gasteiger partial charge in [-0.3, -0.25) is 4.98 Å². The number of pyridine rings is 1. The van der Waals surface area contributed by atoms with Crippen molar-refractivity contribution >= 4 is 35.2 Å². The van der Waals surface area contributed by atoms with Crippen LogP contribution in [0.15, 0.2) is 59.1 Å². The molecule has 0 amide bonds. The molecule has 2 nitrogen and oxygen atoms in total. The SMILES string of the molecule is C[Si](C)(C)c1cccc2c1oc1c(-c3cc(C4CCCCC4)ccn3)cccc12. The van der Waals surface area contributed by atoms with Gasteiger partial charge in [-0.15, -0.1) is 0 Å². The third-order valence-corrected chi connectivity index (χ3v) is 8.48. The Morgan fingerprint density at radius 2 is 1.59 bits per heavy atom. The van der Waals surface area contributed by atoms with Crippen LogP contribution in [0.3, 0.4) is 0 Å². The smallest absolute Gasteiger partial charge is 0.144 e. The van der Waals surface area contributed by atoms with Crippen LogP contribution in [0.2, 0.25) is 19.6 Å². The van der Waals surface area contributed by atoms with E-state index in [2.05, 4.69) is 68.2 Å². The van der Waals surface area contributed by atoms with Crippen molar-refractivity contribution in [2.24, 2.45) is 0 Å². The zero-order valence-corrected chi connectivity index (χ0v) is 18.7. The van der Waals surface area contributed by atoms with E-state index in [1.165, 1.54) is 53.6 Å². The number of furan rings is 1. The molecule has 1 aliphatic rings. The van der Waals surface area contributed by atoms with Gasteiger partial charge in [-0.1, -0.05) is 69.2 Å². The van der Waals surface area contributed by atoms with Gasteiger partial charge in [0.2, 0.25) is 0 Å². The first-order valence-corrected chi connectivity index (χ1v) is 14.4. The number of para-hydroxylation sites is 2. The van der Waals surface area contributed by atoms with E-state index in [1.54, 1.807) is 0 Å². The Hall–Kier alpha value is -2.39. The van der Waals surface area contributed by atoms with Gasteiger partial charge in [-0.2, -0.15) is 0 Å². The van der Waals surface area contributed by atoms with E-state index >= 15 is 0 Å². The summed E-state index contributed by atoms with van der Waals surface area (Å²) < 4.78 is 6.58. The number of benzene rings is 2. The minimum atomic E-state index is -1.50. The highest BCUT2D eigenvalue weighted by atomic mass is 28.3. The molecule has 2 heterocycles. The highest BCUT2D eigenvalue weighted by Gasteiger charge is 2.23. The van der Waals surface area contributed by atoms with E-state index in [4.69, 9.17) is 9.40 Å². The van der Waals surface area contributed by atoms with Crippen molar-refractivity contribution in [1.29, 1.82) is 0 Å². The first kappa shape index (κ1) is 18.6. The van der Waals surface area contributed by atoms with Gasteiger partial charge in [0, 0.05) is 22.5 Å². The summed E-state index contributed by atoms with van der Waals surface area (Å²) in [5.74, 6) is 0.680. The summed E-state index contributed by atoms with van der Waals surface area (Å²) in [5.41, 5.74) is 5.62. The van der Waals surface area contributed by atoms with Gasteiger partial charge in [-0.05, 0) is 47.7 Å². The molecule has 29 heavy (non-hydrogen) atoms. The number of rotatable bonds is 3. The van der Waals surface area contributed by atoms with Gasteiger partial charge < -0.3 is 4.42 Å². The first-order valence-electron chi connectivity index (χ1n) is 10.9. The molecular formula is C26H29NOSi. The third-order valence-electron chi connectivity index (χ3n) is 6.47. The minimum absolute atomic E-state index is 0.680. The van der Waals surface area contributed by atoms with Crippen LogP contribution in [0.25, 0.3) is 33.2 Å². The molecule has 0 unspecified atom stereocenters. The van der Waals surface area contributed by atoms with Crippen molar-refractivity contribution in [1.82, 2.24) is 4.98 Å². The molecule has 5 rings (SSSR count). The second-order valence-corrected chi connectivity index (χ2v) is 14.6. The molecule has 0 atom stereocenters. The summed E-state index contributed by atoms with van der Waals surface area (Å²) >= 11 is 0. The zero-order valence-electron chi connectivity index (χ0n) is 17.7. The fourth-order valence-electron chi connectivity index (χ4n) is 4.90. The molecule has 0 aliphatic heterocycles. The Balaban J connectivity index is 1.68. The minimum Gasteiger partial charge on any atom is -0.455 e. The van der Waals surface area contributed by atoms with Crippen molar-refractivity contribution in [3.63, 3.8) is 0 Å². The third kappa shape index (κ3) is 3.32. The summed E-state index contributed by atoms with van der Waals surface area (Å²) in [4.78, 5) is 4.74. The summed E-state index contributed by atoms with van der Waals surface area (Å²) in [6.45, 7) is 7.14. The molecule has 0 spiro atoms. The predicted octanol–water partition coefficient (Wildman–Crippen LogP) is 7.24. The summed E-state index contributed by atoms with van der Waals surface area (Å²) in [5, 5.41) is 3.81. The van der Waals surface area contributed by atoms with Crippen LogP contribution >= 0.6 is 0 Å². The lowest BCUT2D eigenvalue weighted by Crippen LogP contribution is -2.37. The standard InChI is InChI=1S/C26H29NOSi/c1-29(2,3)24-14-8-12-21-20-11-7-13-22(25(20)28-26(21)24)23-17-19(15-16-27-23)18-9-5-4-6-10-18/h7-8,11-18H,4-6,9-10H2,1-3H3. The molecule has 2 aromatic heterocycles. The van der Waals surface area contributed by atoms with Crippen molar-refractivity contribution in [2.75, 3.05) is 0 Å². The molecule has 0 bridgehead atoms. The van der Waals surface area contributed by atoms with Gasteiger partial charge in [0.15, 0.2) is 0 Å². The molecule has 1 aliphatic carbocycles. The van der Waals surface area contributed by atoms with Crippen molar-refractivity contribution < 1.29 is 4.42 Å². The zero-order chi connectivity index (χ0) is 20.0. The summed E-state index contributed by atoms with van der Waals surface area (Å²) in [7, 11) is -1.50. The number of hydrogen-bond donors (Lipinski definition) is 0. The maximum Gasteiger partial charge on any atom is 0.144 e. The average Bonchev–Trinajstić information content (AvgIpc) is 3.12. The van der Waals surface area contributed by atoms with Gasteiger partial charge >= 0.3 is 0 Å². The average molecular weight is 400 g/mol.